The molecule has 1 aromatic heterocycles. The monoisotopic (exact) mass is 388 g/mol. The lowest BCUT2D eigenvalue weighted by molar-refractivity contribution is -0.118. The van der Waals surface area contributed by atoms with Crippen molar-refractivity contribution in [1.82, 2.24) is 4.98 Å². The van der Waals surface area contributed by atoms with Crippen molar-refractivity contribution in [2.24, 2.45) is 0 Å². The summed E-state index contributed by atoms with van der Waals surface area (Å²) in [5.41, 5.74) is 2.91. The summed E-state index contributed by atoms with van der Waals surface area (Å²) in [6, 6.07) is 15.2. The first-order chi connectivity index (χ1) is 13.9. The third kappa shape index (κ3) is 3.45. The van der Waals surface area contributed by atoms with Crippen LogP contribution in [0, 0.1) is 6.92 Å². The Balaban J connectivity index is 1.62. The largest absolute Gasteiger partial charge is 0.504 e. The van der Waals surface area contributed by atoms with Gasteiger partial charge in [0.15, 0.2) is 11.5 Å². The number of aryl methyl sites for hydroxylation is 1. The molecule has 1 aliphatic rings. The van der Waals surface area contributed by atoms with Crippen LogP contribution in [0.5, 0.6) is 11.5 Å². The fourth-order valence-corrected chi connectivity index (χ4v) is 3.48. The maximum atomic E-state index is 13.0. The van der Waals surface area contributed by atoms with Crippen molar-refractivity contribution in [3.8, 4) is 22.8 Å². The van der Waals surface area contributed by atoms with Crippen molar-refractivity contribution in [3.05, 3.63) is 71.3 Å². The highest BCUT2D eigenvalue weighted by Crippen LogP contribution is 2.50. The molecule has 1 amide bonds. The van der Waals surface area contributed by atoms with E-state index < -0.39 is 5.41 Å². The Labute approximate surface area is 167 Å². The van der Waals surface area contributed by atoms with Crippen LogP contribution < -0.4 is 5.32 Å². The Morgan fingerprint density at radius 1 is 1.07 bits per heavy atom. The topological polar surface area (TPSA) is 99.5 Å². The summed E-state index contributed by atoms with van der Waals surface area (Å²) < 4.78 is 0. The lowest BCUT2D eigenvalue weighted by atomic mass is 9.94. The average Bonchev–Trinajstić information content (AvgIpc) is 3.53. The summed E-state index contributed by atoms with van der Waals surface area (Å²) in [5, 5.41) is 22.2. The molecule has 4 rings (SSSR count). The van der Waals surface area contributed by atoms with Crippen LogP contribution >= 0.6 is 0 Å². The van der Waals surface area contributed by atoms with Crippen LogP contribution in [-0.2, 0) is 10.2 Å². The molecule has 2 aromatic carbocycles. The zero-order chi connectivity index (χ0) is 20.6. The van der Waals surface area contributed by atoms with Gasteiger partial charge < -0.3 is 15.5 Å². The number of pyridine rings is 1. The van der Waals surface area contributed by atoms with Gasteiger partial charge in [0, 0.05) is 11.1 Å². The summed E-state index contributed by atoms with van der Waals surface area (Å²) in [4.78, 5) is 28.6. The number of anilines is 1. The maximum absolute atomic E-state index is 13.0. The number of hydrogen-bond donors (Lipinski definition) is 3. The summed E-state index contributed by atoms with van der Waals surface area (Å²) >= 11 is 0. The highest BCUT2D eigenvalue weighted by atomic mass is 16.3. The van der Waals surface area contributed by atoms with E-state index in [-0.39, 0.29) is 17.4 Å². The number of carbonyl (C=O) groups excluding carboxylic acids is 2. The molecule has 1 heterocycles. The van der Waals surface area contributed by atoms with E-state index in [4.69, 9.17) is 0 Å². The van der Waals surface area contributed by atoms with Gasteiger partial charge >= 0.3 is 0 Å². The number of hydrogen-bond acceptors (Lipinski definition) is 5. The number of rotatable bonds is 5. The minimum absolute atomic E-state index is 0.202. The second kappa shape index (κ2) is 7.05. The number of nitrogens with one attached hydrogen (secondary N) is 1. The van der Waals surface area contributed by atoms with Gasteiger partial charge in [-0.25, -0.2) is 4.98 Å². The van der Waals surface area contributed by atoms with Gasteiger partial charge in [-0.3, -0.25) is 9.59 Å². The molecular weight excluding hydrogens is 368 g/mol. The van der Waals surface area contributed by atoms with E-state index in [0.29, 0.717) is 35.5 Å². The highest BCUT2D eigenvalue weighted by Gasteiger charge is 2.51. The number of phenols is 2. The molecule has 0 radical (unpaired) electrons. The van der Waals surface area contributed by atoms with Gasteiger partial charge in [0.1, 0.15) is 12.1 Å². The average molecular weight is 388 g/mol. The number of carbonyl (C=O) groups is 2. The third-order valence-electron chi connectivity index (χ3n) is 5.35. The Morgan fingerprint density at radius 3 is 2.55 bits per heavy atom. The molecule has 6 nitrogen and oxygen atoms in total. The number of amides is 1. The SMILES string of the molecule is Cc1ccc(NC(=O)C2(c3ccc(O)c(O)c3)CC2)nc1-c1cccc(C=O)c1. The van der Waals surface area contributed by atoms with Crippen LogP contribution in [0.2, 0.25) is 0 Å². The molecule has 1 saturated carbocycles. The maximum Gasteiger partial charge on any atom is 0.236 e. The second-order valence-electron chi connectivity index (χ2n) is 7.35. The Kier molecular flexibility index (Phi) is 4.54. The van der Waals surface area contributed by atoms with E-state index in [1.54, 1.807) is 30.3 Å². The lowest BCUT2D eigenvalue weighted by Gasteiger charge is -2.17. The smallest absolute Gasteiger partial charge is 0.236 e. The molecule has 1 fully saturated rings. The fourth-order valence-electron chi connectivity index (χ4n) is 3.48. The number of benzene rings is 2. The van der Waals surface area contributed by atoms with Gasteiger partial charge in [0.25, 0.3) is 0 Å². The van der Waals surface area contributed by atoms with E-state index in [2.05, 4.69) is 10.3 Å². The minimum atomic E-state index is -0.727. The minimum Gasteiger partial charge on any atom is -0.504 e. The molecular formula is C23H20N2O4. The van der Waals surface area contributed by atoms with Gasteiger partial charge in [-0.15, -0.1) is 0 Å². The first-order valence-electron chi connectivity index (χ1n) is 9.30. The normalized spacial score (nSPS) is 14.2. The van der Waals surface area contributed by atoms with E-state index in [1.165, 1.54) is 12.1 Å². The van der Waals surface area contributed by atoms with E-state index in [1.807, 2.05) is 19.1 Å². The predicted octanol–water partition coefficient (Wildman–Crippen LogP) is 3.95. The molecule has 3 N–H and O–H groups in total. The molecule has 3 aromatic rings. The predicted molar refractivity (Wildman–Crippen MR) is 109 cm³/mol. The van der Waals surface area contributed by atoms with Gasteiger partial charge in [-0.1, -0.05) is 30.3 Å². The molecule has 146 valence electrons. The molecule has 6 heteroatoms. The Hall–Kier alpha value is -3.67. The van der Waals surface area contributed by atoms with Crippen molar-refractivity contribution in [3.63, 3.8) is 0 Å². The van der Waals surface area contributed by atoms with Crippen LogP contribution in [0.25, 0.3) is 11.3 Å². The molecule has 0 bridgehead atoms. The molecule has 0 atom stereocenters. The highest BCUT2D eigenvalue weighted by molar-refractivity contribution is 6.01. The zero-order valence-corrected chi connectivity index (χ0v) is 15.8. The first-order valence-corrected chi connectivity index (χ1v) is 9.30. The Bertz CT molecular complexity index is 1120. The number of aromatic nitrogens is 1. The quantitative estimate of drug-likeness (QED) is 0.454. The molecule has 1 aliphatic carbocycles. The van der Waals surface area contributed by atoms with Crippen molar-refractivity contribution < 1.29 is 19.8 Å². The van der Waals surface area contributed by atoms with Crippen molar-refractivity contribution in [2.75, 3.05) is 5.32 Å². The number of nitrogens with zero attached hydrogens (tertiary/aromatic N) is 1. The van der Waals surface area contributed by atoms with Crippen LogP contribution in [0.3, 0.4) is 0 Å². The standard InChI is InChI=1S/C23H20N2O4/c1-14-5-8-20(24-21(14)16-4-2-3-15(11-16)13-26)25-22(29)23(9-10-23)17-6-7-18(27)19(28)12-17/h2-8,11-13,27-28H,9-10H2,1H3,(H,24,25,29). The summed E-state index contributed by atoms with van der Waals surface area (Å²) in [5.74, 6) is -0.243. The molecule has 0 aliphatic heterocycles. The van der Waals surface area contributed by atoms with Gasteiger partial charge in [0.2, 0.25) is 5.91 Å². The van der Waals surface area contributed by atoms with Crippen LogP contribution in [0.15, 0.2) is 54.6 Å². The van der Waals surface area contributed by atoms with Gasteiger partial charge in [0.05, 0.1) is 11.1 Å². The van der Waals surface area contributed by atoms with Crippen molar-refractivity contribution >= 4 is 18.0 Å². The molecule has 29 heavy (non-hydrogen) atoms. The summed E-state index contributed by atoms with van der Waals surface area (Å²) in [6.45, 7) is 1.92. The Morgan fingerprint density at radius 2 is 1.86 bits per heavy atom. The fraction of sp³-hybridized carbons (Fsp3) is 0.174. The second-order valence-corrected chi connectivity index (χ2v) is 7.35. The van der Waals surface area contributed by atoms with E-state index >= 15 is 0 Å². The zero-order valence-electron chi connectivity index (χ0n) is 15.8. The number of aromatic hydroxyl groups is 2. The van der Waals surface area contributed by atoms with Crippen LogP contribution in [0.4, 0.5) is 5.82 Å². The lowest BCUT2D eigenvalue weighted by Crippen LogP contribution is -2.28. The van der Waals surface area contributed by atoms with E-state index in [9.17, 15) is 19.8 Å². The van der Waals surface area contributed by atoms with Crippen molar-refractivity contribution in [1.29, 1.82) is 0 Å². The van der Waals surface area contributed by atoms with Gasteiger partial charge in [-0.05, 0) is 55.2 Å². The molecule has 0 saturated heterocycles. The van der Waals surface area contributed by atoms with Crippen LogP contribution in [0.1, 0.15) is 34.3 Å². The van der Waals surface area contributed by atoms with E-state index in [0.717, 1.165) is 17.4 Å². The van der Waals surface area contributed by atoms with Crippen molar-refractivity contribution in [2.45, 2.75) is 25.2 Å². The molecule has 0 spiro atoms. The number of phenolic OH excluding ortho intramolecular Hbond substituents is 2. The molecule has 0 unspecified atom stereocenters. The summed E-state index contributed by atoms with van der Waals surface area (Å²) in [7, 11) is 0. The summed E-state index contributed by atoms with van der Waals surface area (Å²) in [6.07, 6.45) is 2.10. The number of aldehydes is 1. The van der Waals surface area contributed by atoms with Crippen LogP contribution in [-0.4, -0.2) is 27.4 Å². The third-order valence-corrected chi connectivity index (χ3v) is 5.35. The van der Waals surface area contributed by atoms with Gasteiger partial charge in [-0.2, -0.15) is 0 Å². The first kappa shape index (κ1) is 18.7.